The molecule has 0 fully saturated rings. The molecule has 7 heteroatoms. The number of nitrogens with zero attached hydrogens (tertiary/aromatic N) is 1. The minimum Gasteiger partial charge on any atom is -0.497 e. The number of fused-ring (bicyclic) bond motifs is 1. The molecule has 1 unspecified atom stereocenters. The van der Waals surface area contributed by atoms with Crippen molar-refractivity contribution in [2.45, 2.75) is 20.0 Å². The number of ether oxygens (including phenoxy) is 3. The number of rotatable bonds is 7. The summed E-state index contributed by atoms with van der Waals surface area (Å²) in [6.07, 6.45) is -0.638. The Bertz CT molecular complexity index is 1160. The quantitative estimate of drug-likeness (QED) is 0.580. The zero-order valence-electron chi connectivity index (χ0n) is 18.8. The van der Waals surface area contributed by atoms with Crippen LogP contribution in [0, 0.1) is 6.92 Å². The van der Waals surface area contributed by atoms with E-state index in [1.54, 1.807) is 61.4 Å². The lowest BCUT2D eigenvalue weighted by atomic mass is 10.1. The second-order valence-electron chi connectivity index (χ2n) is 7.78. The summed E-state index contributed by atoms with van der Waals surface area (Å²) in [5.74, 6) is 1.48. The zero-order chi connectivity index (χ0) is 23.4. The molecule has 1 N–H and O–H groups in total. The highest BCUT2D eigenvalue weighted by Gasteiger charge is 2.31. The van der Waals surface area contributed by atoms with Gasteiger partial charge in [0, 0.05) is 17.3 Å². The first-order valence-corrected chi connectivity index (χ1v) is 10.7. The van der Waals surface area contributed by atoms with Gasteiger partial charge in [-0.05, 0) is 56.3 Å². The van der Waals surface area contributed by atoms with E-state index in [1.165, 1.54) is 0 Å². The number of nitrogens with one attached hydrogen (secondary N) is 1. The molecule has 1 heterocycles. The summed E-state index contributed by atoms with van der Waals surface area (Å²) in [5, 5.41) is 2.87. The maximum atomic E-state index is 12.7. The number of carbonyl (C=O) groups is 2. The van der Waals surface area contributed by atoms with E-state index in [-0.39, 0.29) is 11.8 Å². The van der Waals surface area contributed by atoms with E-state index in [2.05, 4.69) is 5.32 Å². The number of anilines is 2. The molecule has 33 heavy (non-hydrogen) atoms. The molecule has 0 radical (unpaired) electrons. The molecule has 0 bridgehead atoms. The molecular formula is C26H26N2O5. The molecule has 1 aliphatic heterocycles. The van der Waals surface area contributed by atoms with Gasteiger partial charge in [0.05, 0.1) is 19.3 Å². The van der Waals surface area contributed by atoms with Crippen LogP contribution in [0.4, 0.5) is 11.4 Å². The van der Waals surface area contributed by atoms with Gasteiger partial charge in [-0.25, -0.2) is 0 Å². The fraction of sp³-hybridized carbons (Fsp3) is 0.231. The highest BCUT2D eigenvalue weighted by molar-refractivity contribution is 6.05. The second-order valence-corrected chi connectivity index (χ2v) is 7.78. The average molecular weight is 447 g/mol. The molecule has 0 aromatic heterocycles. The lowest BCUT2D eigenvalue weighted by Gasteiger charge is -2.33. The Hall–Kier alpha value is -4.00. The van der Waals surface area contributed by atoms with Crippen molar-refractivity contribution in [2.75, 3.05) is 30.5 Å². The Morgan fingerprint density at radius 3 is 2.61 bits per heavy atom. The lowest BCUT2D eigenvalue weighted by Crippen LogP contribution is -2.46. The Kier molecular flexibility index (Phi) is 6.49. The van der Waals surface area contributed by atoms with E-state index in [4.69, 9.17) is 14.2 Å². The van der Waals surface area contributed by atoms with E-state index in [9.17, 15) is 9.59 Å². The van der Waals surface area contributed by atoms with Crippen molar-refractivity contribution in [1.82, 2.24) is 0 Å². The average Bonchev–Trinajstić information content (AvgIpc) is 2.82. The number of methoxy groups -OCH3 is 1. The molecule has 2 amide bonds. The van der Waals surface area contributed by atoms with Gasteiger partial charge in [-0.15, -0.1) is 0 Å². The van der Waals surface area contributed by atoms with Crippen molar-refractivity contribution in [2.24, 2.45) is 0 Å². The fourth-order valence-corrected chi connectivity index (χ4v) is 3.58. The third kappa shape index (κ3) is 5.09. The maximum absolute atomic E-state index is 12.7. The predicted octanol–water partition coefficient (Wildman–Crippen LogP) is 4.45. The van der Waals surface area contributed by atoms with E-state index < -0.39 is 6.10 Å². The standard InChI is InChI=1S/C26H26N2O5/c1-17-7-10-21(11-8-17)32-14-13-28-23-12-9-20(16-24(23)33-18(2)26(28)30)27-25(29)19-5-4-6-22(15-19)31-3/h4-12,15-16,18H,13-14H2,1-3H3,(H,27,29). The van der Waals surface area contributed by atoms with Gasteiger partial charge in [-0.3, -0.25) is 9.59 Å². The minimum absolute atomic E-state index is 0.136. The molecule has 1 aliphatic rings. The summed E-state index contributed by atoms with van der Waals surface area (Å²) < 4.78 is 16.8. The summed E-state index contributed by atoms with van der Waals surface area (Å²) in [5.41, 5.74) is 2.85. The summed E-state index contributed by atoms with van der Waals surface area (Å²) in [6.45, 7) is 4.45. The van der Waals surface area contributed by atoms with Crippen LogP contribution < -0.4 is 24.4 Å². The Morgan fingerprint density at radius 1 is 1.06 bits per heavy atom. The van der Waals surface area contributed by atoms with Crippen LogP contribution >= 0.6 is 0 Å². The molecule has 0 aliphatic carbocycles. The van der Waals surface area contributed by atoms with E-state index in [1.807, 2.05) is 31.2 Å². The third-order valence-electron chi connectivity index (χ3n) is 5.36. The smallest absolute Gasteiger partial charge is 0.267 e. The molecular weight excluding hydrogens is 420 g/mol. The minimum atomic E-state index is -0.638. The first-order chi connectivity index (χ1) is 15.9. The van der Waals surface area contributed by atoms with Crippen LogP contribution in [0.3, 0.4) is 0 Å². The van der Waals surface area contributed by atoms with Gasteiger partial charge in [-0.1, -0.05) is 23.8 Å². The van der Waals surface area contributed by atoms with Crippen LogP contribution in [-0.2, 0) is 4.79 Å². The number of hydrogen-bond donors (Lipinski definition) is 1. The summed E-state index contributed by atoms with van der Waals surface area (Å²) in [4.78, 5) is 27.0. The highest BCUT2D eigenvalue weighted by atomic mass is 16.5. The summed E-state index contributed by atoms with van der Waals surface area (Å²) in [7, 11) is 1.55. The van der Waals surface area contributed by atoms with E-state index >= 15 is 0 Å². The first kappa shape index (κ1) is 22.2. The molecule has 3 aromatic carbocycles. The Morgan fingerprint density at radius 2 is 1.85 bits per heavy atom. The van der Waals surface area contributed by atoms with Gasteiger partial charge in [0.2, 0.25) is 0 Å². The van der Waals surface area contributed by atoms with Crippen molar-refractivity contribution >= 4 is 23.2 Å². The Labute approximate surface area is 192 Å². The summed E-state index contributed by atoms with van der Waals surface area (Å²) in [6, 6.07) is 19.9. The molecule has 170 valence electrons. The van der Waals surface area contributed by atoms with Gasteiger partial charge in [0.1, 0.15) is 23.9 Å². The van der Waals surface area contributed by atoms with Crippen molar-refractivity contribution in [3.63, 3.8) is 0 Å². The van der Waals surface area contributed by atoms with E-state index in [0.717, 1.165) is 11.3 Å². The van der Waals surface area contributed by atoms with Gasteiger partial charge < -0.3 is 24.4 Å². The number of carbonyl (C=O) groups excluding carboxylic acids is 2. The molecule has 4 rings (SSSR count). The molecule has 0 saturated carbocycles. The largest absolute Gasteiger partial charge is 0.497 e. The number of benzene rings is 3. The predicted molar refractivity (Wildman–Crippen MR) is 127 cm³/mol. The van der Waals surface area contributed by atoms with Crippen LogP contribution in [-0.4, -0.2) is 38.2 Å². The van der Waals surface area contributed by atoms with Gasteiger partial charge in [0.25, 0.3) is 11.8 Å². The fourth-order valence-electron chi connectivity index (χ4n) is 3.58. The molecule has 3 aromatic rings. The first-order valence-electron chi connectivity index (χ1n) is 10.7. The highest BCUT2D eigenvalue weighted by Crippen LogP contribution is 2.36. The number of aryl methyl sites for hydroxylation is 1. The van der Waals surface area contributed by atoms with Crippen LogP contribution in [0.15, 0.2) is 66.7 Å². The van der Waals surface area contributed by atoms with Crippen LogP contribution in [0.5, 0.6) is 17.2 Å². The molecule has 0 saturated heterocycles. The maximum Gasteiger partial charge on any atom is 0.267 e. The van der Waals surface area contributed by atoms with Crippen LogP contribution in [0.1, 0.15) is 22.8 Å². The topological polar surface area (TPSA) is 77.1 Å². The van der Waals surface area contributed by atoms with E-state index in [0.29, 0.717) is 41.6 Å². The second kappa shape index (κ2) is 9.65. The number of hydrogen-bond acceptors (Lipinski definition) is 5. The van der Waals surface area contributed by atoms with Gasteiger partial charge in [0.15, 0.2) is 6.10 Å². The monoisotopic (exact) mass is 446 g/mol. The molecule has 0 spiro atoms. The normalized spacial score (nSPS) is 14.8. The van der Waals surface area contributed by atoms with Crippen molar-refractivity contribution in [3.8, 4) is 17.2 Å². The summed E-state index contributed by atoms with van der Waals surface area (Å²) >= 11 is 0. The van der Waals surface area contributed by atoms with Crippen LogP contribution in [0.25, 0.3) is 0 Å². The SMILES string of the molecule is COc1cccc(C(=O)Nc2ccc3c(c2)OC(C)C(=O)N3CCOc2ccc(C)cc2)c1. The third-order valence-corrected chi connectivity index (χ3v) is 5.36. The van der Waals surface area contributed by atoms with Crippen molar-refractivity contribution in [1.29, 1.82) is 0 Å². The van der Waals surface area contributed by atoms with Crippen molar-refractivity contribution in [3.05, 3.63) is 77.9 Å². The van der Waals surface area contributed by atoms with Crippen molar-refractivity contribution < 1.29 is 23.8 Å². The van der Waals surface area contributed by atoms with Gasteiger partial charge >= 0.3 is 0 Å². The number of amides is 2. The lowest BCUT2D eigenvalue weighted by molar-refractivity contribution is -0.125. The van der Waals surface area contributed by atoms with Crippen LogP contribution in [0.2, 0.25) is 0 Å². The Balaban J connectivity index is 1.47. The van der Waals surface area contributed by atoms with Gasteiger partial charge in [-0.2, -0.15) is 0 Å². The molecule has 7 nitrogen and oxygen atoms in total. The molecule has 1 atom stereocenters. The zero-order valence-corrected chi connectivity index (χ0v) is 18.8.